The molecular formula is C26H41N7O6. The molecule has 216 valence electrons. The van der Waals surface area contributed by atoms with E-state index in [2.05, 4.69) is 16.1 Å². The van der Waals surface area contributed by atoms with E-state index in [-0.39, 0.29) is 30.1 Å². The Morgan fingerprint density at radius 3 is 2.38 bits per heavy atom. The van der Waals surface area contributed by atoms with E-state index in [4.69, 9.17) is 15.0 Å². The lowest BCUT2D eigenvalue weighted by Crippen LogP contribution is -2.46. The molecule has 0 saturated carbocycles. The van der Waals surface area contributed by atoms with Gasteiger partial charge in [-0.1, -0.05) is 20.8 Å². The molecular weight excluding hydrogens is 506 g/mol. The van der Waals surface area contributed by atoms with Crippen molar-refractivity contribution in [3.05, 3.63) is 29.8 Å². The first-order valence-electron chi connectivity index (χ1n) is 12.8. The van der Waals surface area contributed by atoms with E-state index in [9.17, 15) is 19.2 Å². The Bertz CT molecular complexity index is 1020. The lowest BCUT2D eigenvalue weighted by Gasteiger charge is -2.20. The summed E-state index contributed by atoms with van der Waals surface area (Å²) in [5.41, 5.74) is 3.29. The number of urea groups is 1. The average Bonchev–Trinajstić information content (AvgIpc) is 3.23. The summed E-state index contributed by atoms with van der Waals surface area (Å²) in [5.74, 6) is -0.766. The Labute approximate surface area is 229 Å². The fourth-order valence-corrected chi connectivity index (χ4v) is 3.41. The number of anilines is 1. The molecule has 1 fully saturated rings. The predicted octanol–water partition coefficient (Wildman–Crippen LogP) is 1.53. The second-order valence-corrected chi connectivity index (χ2v) is 10.8. The van der Waals surface area contributed by atoms with Crippen LogP contribution in [0.25, 0.3) is 0 Å². The van der Waals surface area contributed by atoms with Gasteiger partial charge in [0, 0.05) is 44.5 Å². The highest BCUT2D eigenvalue weighted by Crippen LogP contribution is 2.22. The van der Waals surface area contributed by atoms with Gasteiger partial charge in [-0.2, -0.15) is 5.48 Å². The number of nitrogens with zero attached hydrogens (tertiary/aromatic N) is 3. The lowest BCUT2D eigenvalue weighted by atomic mass is 9.99. The van der Waals surface area contributed by atoms with E-state index in [0.29, 0.717) is 43.9 Å². The first-order chi connectivity index (χ1) is 18.3. The molecule has 1 aliphatic heterocycles. The molecule has 13 heteroatoms. The molecule has 1 aromatic carbocycles. The number of ether oxygens (including phenoxy) is 1. The van der Waals surface area contributed by atoms with Crippen molar-refractivity contribution in [2.24, 2.45) is 5.41 Å². The van der Waals surface area contributed by atoms with Crippen molar-refractivity contribution in [3.63, 3.8) is 0 Å². The standard InChI is InChI=1S/C26H41N7O6/c1-26(2,3)17-38-21(34)11-13-28-24(36)29-20-12-14-33(23(20)35)19-9-7-18(8-10-19)22(27)30-39-25(37)32(6)16-15-31(4)5/h7-10,20H,11-17H2,1-6H3,(H2,27,30)(H2,28,29,36)/t20-/m0/s1. The van der Waals surface area contributed by atoms with E-state index < -0.39 is 24.1 Å². The minimum absolute atomic E-state index is 0.0385. The first-order valence-corrected chi connectivity index (χ1v) is 12.8. The Balaban J connectivity index is 1.77. The molecule has 39 heavy (non-hydrogen) atoms. The van der Waals surface area contributed by atoms with Crippen LogP contribution in [0.1, 0.15) is 39.2 Å². The topological polar surface area (TPSA) is 156 Å². The van der Waals surface area contributed by atoms with Crippen LogP contribution in [0.15, 0.2) is 24.3 Å². The highest BCUT2D eigenvalue weighted by molar-refractivity contribution is 6.02. The van der Waals surface area contributed by atoms with Gasteiger partial charge in [-0.05, 0) is 50.2 Å². The van der Waals surface area contributed by atoms with E-state index in [1.807, 2.05) is 39.8 Å². The van der Waals surface area contributed by atoms with E-state index in [1.54, 1.807) is 36.2 Å². The lowest BCUT2D eigenvalue weighted by molar-refractivity contribution is -0.146. The summed E-state index contributed by atoms with van der Waals surface area (Å²) in [6.45, 7) is 7.83. The third-order valence-electron chi connectivity index (χ3n) is 5.69. The number of amides is 4. The number of carbonyl (C=O) groups excluding carboxylic acids is 4. The Morgan fingerprint density at radius 2 is 1.77 bits per heavy atom. The molecule has 0 aromatic heterocycles. The summed E-state index contributed by atoms with van der Waals surface area (Å²) in [6.07, 6.45) is -0.142. The van der Waals surface area contributed by atoms with Gasteiger partial charge in [0.25, 0.3) is 0 Å². The van der Waals surface area contributed by atoms with Crippen LogP contribution < -0.4 is 21.0 Å². The third-order valence-corrected chi connectivity index (χ3v) is 5.69. The average molecular weight is 548 g/mol. The van der Waals surface area contributed by atoms with Crippen molar-refractivity contribution >= 4 is 35.5 Å². The van der Waals surface area contributed by atoms with Gasteiger partial charge in [0.15, 0.2) is 5.84 Å². The maximum atomic E-state index is 12.8. The Kier molecular flexibility index (Phi) is 11.5. The fraction of sp³-hybridized carbons (Fsp3) is 0.577. The first kappa shape index (κ1) is 31.3. The predicted molar refractivity (Wildman–Crippen MR) is 146 cm³/mol. The van der Waals surface area contributed by atoms with Gasteiger partial charge in [0.1, 0.15) is 6.04 Å². The molecule has 1 atom stereocenters. The normalized spacial score (nSPS) is 15.1. The van der Waals surface area contributed by atoms with Crippen molar-refractivity contribution in [1.29, 1.82) is 5.41 Å². The zero-order chi connectivity index (χ0) is 29.2. The number of benzene rings is 1. The molecule has 1 aromatic rings. The molecule has 0 radical (unpaired) electrons. The van der Waals surface area contributed by atoms with Crippen LogP contribution in [0.5, 0.6) is 0 Å². The summed E-state index contributed by atoms with van der Waals surface area (Å²) in [7, 11) is 5.41. The van der Waals surface area contributed by atoms with Crippen LogP contribution in [0.2, 0.25) is 0 Å². The van der Waals surface area contributed by atoms with Crippen LogP contribution in [0.3, 0.4) is 0 Å². The molecule has 0 spiro atoms. The molecule has 13 nitrogen and oxygen atoms in total. The van der Waals surface area contributed by atoms with Gasteiger partial charge < -0.3 is 34.9 Å². The monoisotopic (exact) mass is 547 g/mol. The van der Waals surface area contributed by atoms with Gasteiger partial charge >= 0.3 is 18.1 Å². The smallest absolute Gasteiger partial charge is 0.433 e. The van der Waals surface area contributed by atoms with Crippen molar-refractivity contribution in [3.8, 4) is 0 Å². The molecule has 2 rings (SSSR count). The second kappa shape index (κ2) is 14.3. The minimum Gasteiger partial charge on any atom is -0.465 e. The molecule has 4 N–H and O–H groups in total. The van der Waals surface area contributed by atoms with Crippen LogP contribution in [-0.2, 0) is 19.2 Å². The summed E-state index contributed by atoms with van der Waals surface area (Å²) in [6, 6.07) is 5.40. The zero-order valence-electron chi connectivity index (χ0n) is 23.6. The summed E-state index contributed by atoms with van der Waals surface area (Å²) in [5, 5.41) is 13.3. The largest absolute Gasteiger partial charge is 0.465 e. The highest BCUT2D eigenvalue weighted by atomic mass is 16.7. The van der Waals surface area contributed by atoms with Gasteiger partial charge in [-0.15, -0.1) is 0 Å². The van der Waals surface area contributed by atoms with Crippen LogP contribution in [0, 0.1) is 10.8 Å². The number of nitrogens with one attached hydrogen (secondary N) is 4. The molecule has 0 bridgehead atoms. The van der Waals surface area contributed by atoms with Gasteiger partial charge in [-0.3, -0.25) is 15.0 Å². The number of rotatable bonds is 10. The van der Waals surface area contributed by atoms with Gasteiger partial charge in [0.2, 0.25) is 5.91 Å². The number of amidine groups is 1. The number of hydrogen-bond donors (Lipinski definition) is 4. The third kappa shape index (κ3) is 10.8. The number of esters is 1. The summed E-state index contributed by atoms with van der Waals surface area (Å²) < 4.78 is 5.16. The quantitative estimate of drug-likeness (QED) is 0.149. The molecule has 1 saturated heterocycles. The van der Waals surface area contributed by atoms with Crippen LogP contribution >= 0.6 is 0 Å². The Morgan fingerprint density at radius 1 is 1.10 bits per heavy atom. The molecule has 0 unspecified atom stereocenters. The SMILES string of the molecule is CN(C)CCN(C)C(=O)ONC(=N)c1ccc(N2CC[C@H](NC(=O)NCCC(=O)OCC(C)(C)C)C2=O)cc1. The van der Waals surface area contributed by atoms with E-state index in [1.165, 1.54) is 4.90 Å². The van der Waals surface area contributed by atoms with E-state index in [0.717, 1.165) is 0 Å². The van der Waals surface area contributed by atoms with Crippen molar-refractivity contribution in [1.82, 2.24) is 25.9 Å². The second-order valence-electron chi connectivity index (χ2n) is 10.8. The molecule has 1 heterocycles. The number of hydroxylamine groups is 1. The Hall–Kier alpha value is -3.87. The maximum absolute atomic E-state index is 12.8. The van der Waals surface area contributed by atoms with Gasteiger partial charge in [0.05, 0.1) is 13.0 Å². The minimum atomic E-state index is -0.693. The highest BCUT2D eigenvalue weighted by Gasteiger charge is 2.33. The van der Waals surface area contributed by atoms with Crippen molar-refractivity contribution in [2.75, 3.05) is 58.8 Å². The summed E-state index contributed by atoms with van der Waals surface area (Å²) in [4.78, 5) is 58.7. The van der Waals surface area contributed by atoms with Crippen LogP contribution in [-0.4, -0.2) is 99.6 Å². The van der Waals surface area contributed by atoms with Crippen molar-refractivity contribution in [2.45, 2.75) is 39.7 Å². The molecule has 0 aliphatic carbocycles. The van der Waals surface area contributed by atoms with Crippen molar-refractivity contribution < 1.29 is 28.8 Å². The maximum Gasteiger partial charge on any atom is 0.433 e. The number of hydrogen-bond acceptors (Lipinski definition) is 8. The number of carbonyl (C=O) groups is 4. The zero-order valence-corrected chi connectivity index (χ0v) is 23.6. The van der Waals surface area contributed by atoms with Gasteiger partial charge in [-0.25, -0.2) is 9.59 Å². The summed E-state index contributed by atoms with van der Waals surface area (Å²) >= 11 is 0. The van der Waals surface area contributed by atoms with Crippen LogP contribution in [0.4, 0.5) is 15.3 Å². The number of likely N-dealkylation sites (N-methyl/N-ethyl adjacent to an activating group) is 2. The molecule has 4 amide bonds. The fourth-order valence-electron chi connectivity index (χ4n) is 3.41. The molecule has 1 aliphatic rings. The van der Waals surface area contributed by atoms with E-state index >= 15 is 0 Å².